The van der Waals surface area contributed by atoms with Crippen LogP contribution in [0.25, 0.3) is 0 Å². The highest BCUT2D eigenvalue weighted by molar-refractivity contribution is 6.12. The van der Waals surface area contributed by atoms with Gasteiger partial charge in [-0.25, -0.2) is 0 Å². The van der Waals surface area contributed by atoms with Gasteiger partial charge < -0.3 is 15.1 Å². The molecule has 1 N–H and O–H groups in total. The van der Waals surface area contributed by atoms with Gasteiger partial charge in [-0.1, -0.05) is 42.5 Å². The van der Waals surface area contributed by atoms with E-state index >= 15 is 0 Å². The van der Waals surface area contributed by atoms with E-state index in [4.69, 9.17) is 0 Å². The zero-order chi connectivity index (χ0) is 20.4. The third kappa shape index (κ3) is 3.75. The van der Waals surface area contributed by atoms with Crippen LogP contribution in [-0.2, 0) is 9.59 Å². The molecule has 0 saturated carbocycles. The number of benzene rings is 2. The molecule has 150 valence electrons. The van der Waals surface area contributed by atoms with Crippen LogP contribution < -0.4 is 10.2 Å². The number of carbonyl (C=O) groups is 3. The third-order valence-electron chi connectivity index (χ3n) is 5.72. The first kappa shape index (κ1) is 19.2. The minimum absolute atomic E-state index is 0.107. The van der Waals surface area contributed by atoms with Crippen LogP contribution >= 0.6 is 0 Å². The predicted molar refractivity (Wildman–Crippen MR) is 110 cm³/mol. The normalized spacial score (nSPS) is 19.8. The van der Waals surface area contributed by atoms with Crippen LogP contribution in [0.15, 0.2) is 54.6 Å². The highest BCUT2D eigenvalue weighted by atomic mass is 16.2. The van der Waals surface area contributed by atoms with Gasteiger partial charge in [-0.05, 0) is 43.9 Å². The van der Waals surface area contributed by atoms with Gasteiger partial charge in [0.15, 0.2) is 0 Å². The lowest BCUT2D eigenvalue weighted by Crippen LogP contribution is -2.52. The summed E-state index contributed by atoms with van der Waals surface area (Å²) in [6, 6.07) is 16.1. The number of nitrogens with zero attached hydrogens (tertiary/aromatic N) is 2. The van der Waals surface area contributed by atoms with Crippen molar-refractivity contribution in [2.24, 2.45) is 0 Å². The molecule has 0 spiro atoms. The van der Waals surface area contributed by atoms with Crippen LogP contribution in [0, 0.1) is 0 Å². The summed E-state index contributed by atoms with van der Waals surface area (Å²) in [6.07, 6.45) is 2.44. The van der Waals surface area contributed by atoms with Gasteiger partial charge in [0.25, 0.3) is 5.91 Å². The van der Waals surface area contributed by atoms with Crippen molar-refractivity contribution in [2.75, 3.05) is 18.0 Å². The minimum atomic E-state index is -0.497. The van der Waals surface area contributed by atoms with E-state index in [0.717, 1.165) is 18.4 Å². The summed E-state index contributed by atoms with van der Waals surface area (Å²) in [6.45, 7) is 2.39. The van der Waals surface area contributed by atoms with Crippen molar-refractivity contribution in [3.05, 3.63) is 65.7 Å². The fraction of sp³-hybridized carbons (Fsp3) is 0.348. The molecule has 0 aliphatic carbocycles. The van der Waals surface area contributed by atoms with E-state index in [2.05, 4.69) is 5.32 Å². The topological polar surface area (TPSA) is 69.7 Å². The Morgan fingerprint density at radius 3 is 2.59 bits per heavy atom. The van der Waals surface area contributed by atoms with Gasteiger partial charge in [-0.2, -0.15) is 0 Å². The van der Waals surface area contributed by atoms with Gasteiger partial charge in [-0.15, -0.1) is 0 Å². The lowest BCUT2D eigenvalue weighted by atomic mass is 10.0. The molecule has 6 heteroatoms. The Labute approximate surface area is 170 Å². The summed E-state index contributed by atoms with van der Waals surface area (Å²) < 4.78 is 0. The second kappa shape index (κ2) is 8.07. The Bertz CT molecular complexity index is 928. The number of piperidine rings is 1. The maximum Gasteiger partial charge on any atom is 0.256 e. The molecule has 2 unspecified atom stereocenters. The predicted octanol–water partition coefficient (Wildman–Crippen LogP) is 2.91. The van der Waals surface area contributed by atoms with E-state index in [1.54, 1.807) is 29.2 Å². The van der Waals surface area contributed by atoms with Crippen LogP contribution in [0.4, 0.5) is 5.69 Å². The van der Waals surface area contributed by atoms with Crippen molar-refractivity contribution in [2.45, 2.75) is 38.3 Å². The van der Waals surface area contributed by atoms with Crippen LogP contribution in [0.1, 0.15) is 48.1 Å². The summed E-state index contributed by atoms with van der Waals surface area (Å²) in [7, 11) is 0. The lowest BCUT2D eigenvalue weighted by Gasteiger charge is -2.34. The fourth-order valence-electron chi connectivity index (χ4n) is 4.19. The summed E-state index contributed by atoms with van der Waals surface area (Å²) >= 11 is 0. The highest BCUT2D eigenvalue weighted by Crippen LogP contribution is 2.31. The molecule has 1 fully saturated rings. The van der Waals surface area contributed by atoms with E-state index < -0.39 is 6.04 Å². The van der Waals surface area contributed by atoms with E-state index in [1.165, 1.54) is 4.90 Å². The molecule has 2 heterocycles. The molecule has 2 atom stereocenters. The average molecular weight is 391 g/mol. The van der Waals surface area contributed by atoms with Crippen LogP contribution in [0.3, 0.4) is 0 Å². The molecular weight excluding hydrogens is 366 g/mol. The number of anilines is 1. The van der Waals surface area contributed by atoms with Gasteiger partial charge in [0.05, 0.1) is 17.3 Å². The molecule has 2 aromatic rings. The van der Waals surface area contributed by atoms with E-state index in [1.807, 2.05) is 37.3 Å². The molecule has 2 aromatic carbocycles. The molecule has 0 aromatic heterocycles. The van der Waals surface area contributed by atoms with Crippen LogP contribution in [-0.4, -0.2) is 41.8 Å². The molecule has 3 amide bonds. The highest BCUT2D eigenvalue weighted by Gasteiger charge is 2.41. The Morgan fingerprint density at radius 2 is 1.79 bits per heavy atom. The monoisotopic (exact) mass is 391 g/mol. The average Bonchev–Trinajstić information content (AvgIpc) is 2.84. The first-order valence-corrected chi connectivity index (χ1v) is 10.1. The van der Waals surface area contributed by atoms with Gasteiger partial charge in [0, 0.05) is 6.54 Å². The quantitative estimate of drug-likeness (QED) is 0.871. The molecule has 2 aliphatic heterocycles. The molecule has 6 nitrogen and oxygen atoms in total. The number of fused-ring (bicyclic) bond motifs is 2. The standard InChI is InChI=1S/C23H25N3O3/c1-16(17-9-3-2-4-10-17)24-21(27)15-26-19-12-6-5-11-18(19)22(28)25-14-8-7-13-20(25)23(26)29/h2-6,9-12,16,20H,7-8,13-15H2,1H3,(H,24,27). The third-order valence-corrected chi connectivity index (χ3v) is 5.72. The van der Waals surface area contributed by atoms with Crippen molar-refractivity contribution in [3.63, 3.8) is 0 Å². The Kier molecular flexibility index (Phi) is 5.34. The second-order valence-corrected chi connectivity index (χ2v) is 7.65. The number of rotatable bonds is 4. The van der Waals surface area contributed by atoms with Crippen LogP contribution in [0.5, 0.6) is 0 Å². The van der Waals surface area contributed by atoms with Crippen molar-refractivity contribution in [1.82, 2.24) is 10.2 Å². The summed E-state index contributed by atoms with van der Waals surface area (Å²) in [5, 5.41) is 2.97. The number of nitrogens with one attached hydrogen (secondary N) is 1. The zero-order valence-corrected chi connectivity index (χ0v) is 16.5. The number of amides is 3. The smallest absolute Gasteiger partial charge is 0.256 e. The molecule has 0 radical (unpaired) electrons. The zero-order valence-electron chi connectivity index (χ0n) is 16.5. The molecule has 1 saturated heterocycles. The fourth-order valence-corrected chi connectivity index (χ4v) is 4.19. The van der Waals surface area contributed by atoms with E-state index in [9.17, 15) is 14.4 Å². The molecule has 2 aliphatic rings. The van der Waals surface area contributed by atoms with E-state index in [0.29, 0.717) is 24.2 Å². The molecule has 4 rings (SSSR count). The van der Waals surface area contributed by atoms with Crippen molar-refractivity contribution in [3.8, 4) is 0 Å². The molecule has 0 bridgehead atoms. The number of para-hydroxylation sites is 1. The lowest BCUT2D eigenvalue weighted by molar-refractivity contribution is -0.127. The molecular formula is C23H25N3O3. The number of hydrogen-bond donors (Lipinski definition) is 1. The number of hydrogen-bond acceptors (Lipinski definition) is 3. The maximum atomic E-state index is 13.3. The van der Waals surface area contributed by atoms with Crippen molar-refractivity contribution < 1.29 is 14.4 Å². The number of carbonyl (C=O) groups excluding carboxylic acids is 3. The van der Waals surface area contributed by atoms with E-state index in [-0.39, 0.29) is 30.3 Å². The van der Waals surface area contributed by atoms with Crippen molar-refractivity contribution in [1.29, 1.82) is 0 Å². The second-order valence-electron chi connectivity index (χ2n) is 7.65. The first-order chi connectivity index (χ1) is 14.1. The maximum absolute atomic E-state index is 13.3. The Hall–Kier alpha value is -3.15. The largest absolute Gasteiger partial charge is 0.348 e. The SMILES string of the molecule is CC(NC(=O)CN1C(=O)C2CCCCN2C(=O)c2ccccc21)c1ccccc1. The molecule has 29 heavy (non-hydrogen) atoms. The van der Waals surface area contributed by atoms with Gasteiger partial charge in [0.1, 0.15) is 12.6 Å². The minimum Gasteiger partial charge on any atom is -0.348 e. The van der Waals surface area contributed by atoms with Crippen molar-refractivity contribution >= 4 is 23.4 Å². The Balaban J connectivity index is 1.59. The van der Waals surface area contributed by atoms with Gasteiger partial charge >= 0.3 is 0 Å². The summed E-state index contributed by atoms with van der Waals surface area (Å²) in [4.78, 5) is 42.3. The van der Waals surface area contributed by atoms with Crippen LogP contribution in [0.2, 0.25) is 0 Å². The van der Waals surface area contributed by atoms with Gasteiger partial charge in [0.2, 0.25) is 11.8 Å². The first-order valence-electron chi connectivity index (χ1n) is 10.1. The summed E-state index contributed by atoms with van der Waals surface area (Å²) in [5.74, 6) is -0.550. The van der Waals surface area contributed by atoms with Gasteiger partial charge in [-0.3, -0.25) is 14.4 Å². The Morgan fingerprint density at radius 1 is 1.07 bits per heavy atom. The summed E-state index contributed by atoms with van der Waals surface area (Å²) in [5.41, 5.74) is 1.99.